The maximum absolute atomic E-state index is 13.1. The summed E-state index contributed by atoms with van der Waals surface area (Å²) in [6, 6.07) is 12.3. The second kappa shape index (κ2) is 5.61. The van der Waals surface area contributed by atoms with E-state index in [9.17, 15) is 13.2 Å². The number of nitrogens with zero attached hydrogens (tertiary/aromatic N) is 2. The number of benzene rings is 2. The first-order chi connectivity index (χ1) is 11.9. The number of epoxide rings is 1. The summed E-state index contributed by atoms with van der Waals surface area (Å²) >= 11 is 6.25. The minimum atomic E-state index is -4.43. The number of imidazole rings is 1. The third kappa shape index (κ3) is 2.62. The van der Waals surface area contributed by atoms with E-state index in [0.717, 1.165) is 17.7 Å². The van der Waals surface area contributed by atoms with Crippen LogP contribution < -0.4 is 0 Å². The number of hydrogen-bond acceptors (Lipinski definition) is 2. The molecule has 4 rings (SSSR count). The molecule has 2 atom stereocenters. The molecule has 1 aromatic heterocycles. The molecule has 0 saturated carbocycles. The molecule has 1 aliphatic rings. The van der Waals surface area contributed by atoms with Crippen LogP contribution in [-0.2, 0) is 16.6 Å². The molecule has 0 radical (unpaired) electrons. The number of halogens is 4. The number of rotatable bonds is 3. The molecule has 0 spiro atoms. The first kappa shape index (κ1) is 16.2. The molecule has 0 aliphatic carbocycles. The van der Waals surface area contributed by atoms with Crippen molar-refractivity contribution in [2.24, 2.45) is 0 Å². The lowest BCUT2D eigenvalue weighted by Crippen LogP contribution is -2.21. The fourth-order valence-corrected chi connectivity index (χ4v) is 3.28. The average molecular weight is 365 g/mol. The van der Waals surface area contributed by atoms with Crippen molar-refractivity contribution in [1.29, 1.82) is 0 Å². The fraction of sp³-hybridized carbons (Fsp3) is 0.167. The molecule has 7 heteroatoms. The first-order valence-corrected chi connectivity index (χ1v) is 7.89. The molecule has 1 saturated heterocycles. The SMILES string of the molecule is FC(F)(F)c1cccc(C2(n3ccnc3)OC2c2ccccc2Cl)c1. The zero-order valence-corrected chi connectivity index (χ0v) is 13.5. The highest BCUT2D eigenvalue weighted by atomic mass is 35.5. The van der Waals surface area contributed by atoms with Gasteiger partial charge in [-0.05, 0) is 18.2 Å². The Labute approximate surface area is 146 Å². The summed E-state index contributed by atoms with van der Waals surface area (Å²) in [7, 11) is 0. The molecule has 2 unspecified atom stereocenters. The molecule has 0 amide bonds. The molecular weight excluding hydrogens is 353 g/mol. The minimum Gasteiger partial charge on any atom is -0.334 e. The largest absolute Gasteiger partial charge is 0.416 e. The quantitative estimate of drug-likeness (QED) is 0.610. The van der Waals surface area contributed by atoms with Gasteiger partial charge in [-0.2, -0.15) is 13.2 Å². The molecule has 3 nitrogen and oxygen atoms in total. The lowest BCUT2D eigenvalue weighted by molar-refractivity contribution is -0.137. The van der Waals surface area contributed by atoms with Gasteiger partial charge in [-0.3, -0.25) is 0 Å². The Morgan fingerprint density at radius 2 is 1.92 bits per heavy atom. The molecule has 1 fully saturated rings. The summed E-state index contributed by atoms with van der Waals surface area (Å²) in [6.07, 6.45) is -0.186. The predicted octanol–water partition coefficient (Wildman–Crippen LogP) is 5.03. The van der Waals surface area contributed by atoms with Crippen LogP contribution in [0.5, 0.6) is 0 Å². The number of aromatic nitrogens is 2. The maximum atomic E-state index is 13.1. The van der Waals surface area contributed by atoms with Crippen molar-refractivity contribution in [2.75, 3.05) is 0 Å². The van der Waals surface area contributed by atoms with Crippen LogP contribution in [0.3, 0.4) is 0 Å². The van der Waals surface area contributed by atoms with Gasteiger partial charge in [0.15, 0.2) is 0 Å². The third-order valence-corrected chi connectivity index (χ3v) is 4.62. The van der Waals surface area contributed by atoms with Gasteiger partial charge in [0.1, 0.15) is 6.10 Å². The van der Waals surface area contributed by atoms with E-state index in [1.54, 1.807) is 41.2 Å². The van der Waals surface area contributed by atoms with Gasteiger partial charge in [0.2, 0.25) is 5.72 Å². The molecule has 2 aromatic carbocycles. The van der Waals surface area contributed by atoms with Crippen molar-refractivity contribution in [3.8, 4) is 0 Å². The average Bonchev–Trinajstić information content (AvgIpc) is 3.09. The second-order valence-corrected chi connectivity index (χ2v) is 6.17. The first-order valence-electron chi connectivity index (χ1n) is 7.51. The molecule has 25 heavy (non-hydrogen) atoms. The summed E-state index contributed by atoms with van der Waals surface area (Å²) < 4.78 is 47.0. The third-order valence-electron chi connectivity index (χ3n) is 4.27. The van der Waals surface area contributed by atoms with E-state index in [4.69, 9.17) is 16.3 Å². The van der Waals surface area contributed by atoms with Crippen LogP contribution in [0.1, 0.15) is 22.8 Å². The predicted molar refractivity (Wildman–Crippen MR) is 86.0 cm³/mol. The highest BCUT2D eigenvalue weighted by Crippen LogP contribution is 2.59. The smallest absolute Gasteiger partial charge is 0.334 e. The maximum Gasteiger partial charge on any atom is 0.416 e. The second-order valence-electron chi connectivity index (χ2n) is 5.76. The molecule has 1 aliphatic heterocycles. The molecule has 0 N–H and O–H groups in total. The van der Waals surface area contributed by atoms with E-state index < -0.39 is 23.6 Å². The van der Waals surface area contributed by atoms with E-state index >= 15 is 0 Å². The monoisotopic (exact) mass is 364 g/mol. The van der Waals surface area contributed by atoms with Crippen LogP contribution in [-0.4, -0.2) is 9.55 Å². The van der Waals surface area contributed by atoms with Gasteiger partial charge in [-0.1, -0.05) is 41.9 Å². The van der Waals surface area contributed by atoms with Crippen molar-refractivity contribution in [3.63, 3.8) is 0 Å². The summed E-state index contributed by atoms with van der Waals surface area (Å²) in [4.78, 5) is 4.00. The topological polar surface area (TPSA) is 30.4 Å². The molecule has 3 aromatic rings. The van der Waals surface area contributed by atoms with Gasteiger partial charge in [-0.25, -0.2) is 4.98 Å². The number of alkyl halides is 3. The van der Waals surface area contributed by atoms with Crippen LogP contribution in [0.4, 0.5) is 13.2 Å². The van der Waals surface area contributed by atoms with Gasteiger partial charge >= 0.3 is 6.18 Å². The Hall–Kier alpha value is -2.31. The lowest BCUT2D eigenvalue weighted by Gasteiger charge is -2.17. The highest BCUT2D eigenvalue weighted by molar-refractivity contribution is 6.31. The van der Waals surface area contributed by atoms with Gasteiger partial charge in [0.25, 0.3) is 0 Å². The van der Waals surface area contributed by atoms with Gasteiger partial charge < -0.3 is 9.30 Å². The van der Waals surface area contributed by atoms with Crippen molar-refractivity contribution in [1.82, 2.24) is 9.55 Å². The minimum absolute atomic E-state index is 0.394. The van der Waals surface area contributed by atoms with E-state index in [1.165, 1.54) is 12.4 Å². The number of ether oxygens (including phenoxy) is 1. The van der Waals surface area contributed by atoms with E-state index in [2.05, 4.69) is 4.98 Å². The Balaban J connectivity index is 1.84. The van der Waals surface area contributed by atoms with Crippen molar-refractivity contribution >= 4 is 11.6 Å². The van der Waals surface area contributed by atoms with Gasteiger partial charge in [0, 0.05) is 28.5 Å². The molecule has 128 valence electrons. The van der Waals surface area contributed by atoms with Crippen LogP contribution in [0, 0.1) is 0 Å². The molecule has 0 bridgehead atoms. The normalized spacial score (nSPS) is 22.8. The Bertz CT molecular complexity index is 911. The Morgan fingerprint density at radius 3 is 2.60 bits per heavy atom. The molecule has 2 heterocycles. The Morgan fingerprint density at radius 1 is 1.12 bits per heavy atom. The van der Waals surface area contributed by atoms with E-state index in [-0.39, 0.29) is 0 Å². The summed E-state index contributed by atoms with van der Waals surface area (Å²) in [5, 5.41) is 0.501. The van der Waals surface area contributed by atoms with Crippen LogP contribution in [0.2, 0.25) is 5.02 Å². The highest BCUT2D eigenvalue weighted by Gasteiger charge is 2.61. The van der Waals surface area contributed by atoms with E-state index in [1.807, 2.05) is 6.07 Å². The lowest BCUT2D eigenvalue weighted by atomic mass is 9.97. The summed E-state index contributed by atoms with van der Waals surface area (Å²) in [6.45, 7) is 0. The van der Waals surface area contributed by atoms with Crippen molar-refractivity contribution < 1.29 is 17.9 Å². The van der Waals surface area contributed by atoms with Crippen molar-refractivity contribution in [2.45, 2.75) is 18.0 Å². The fourth-order valence-electron chi connectivity index (χ4n) is 3.05. The summed E-state index contributed by atoms with van der Waals surface area (Å²) in [5.74, 6) is 0. The zero-order chi connectivity index (χ0) is 17.7. The van der Waals surface area contributed by atoms with E-state index in [0.29, 0.717) is 10.6 Å². The molecular formula is C18H12ClF3N2O. The Kier molecular flexibility index (Phi) is 3.63. The van der Waals surface area contributed by atoms with Crippen LogP contribution in [0.25, 0.3) is 0 Å². The van der Waals surface area contributed by atoms with Gasteiger partial charge in [0.05, 0.1) is 11.9 Å². The zero-order valence-electron chi connectivity index (χ0n) is 12.7. The van der Waals surface area contributed by atoms with Crippen molar-refractivity contribution in [3.05, 3.63) is 89.0 Å². The van der Waals surface area contributed by atoms with Gasteiger partial charge in [-0.15, -0.1) is 0 Å². The summed E-state index contributed by atoms with van der Waals surface area (Å²) in [5.41, 5.74) is -0.707. The van der Waals surface area contributed by atoms with Crippen LogP contribution >= 0.6 is 11.6 Å². The van der Waals surface area contributed by atoms with Crippen LogP contribution in [0.15, 0.2) is 67.3 Å². The number of hydrogen-bond donors (Lipinski definition) is 0. The standard InChI is InChI=1S/C18H12ClF3N2O/c19-15-7-2-1-6-14(15)16-17(25-16,24-9-8-23-11-24)12-4-3-5-13(10-12)18(20,21)22/h1-11,16H.